The van der Waals surface area contributed by atoms with Crippen molar-refractivity contribution < 1.29 is 28.6 Å². The van der Waals surface area contributed by atoms with E-state index in [4.69, 9.17) is 21.1 Å². The molecule has 4 rings (SSSR count). The monoisotopic (exact) mass is 473 g/mol. The summed E-state index contributed by atoms with van der Waals surface area (Å²) in [6.45, 7) is 0. The lowest BCUT2D eigenvalue weighted by atomic mass is 9.99. The molecule has 1 aliphatic rings. The van der Waals surface area contributed by atoms with Crippen molar-refractivity contribution in [3.63, 3.8) is 0 Å². The molecule has 0 aliphatic carbocycles. The maximum absolute atomic E-state index is 13.5. The third-order valence-electron chi connectivity index (χ3n) is 5.09. The number of amides is 1. The summed E-state index contributed by atoms with van der Waals surface area (Å²) in [5.74, 6) is -2.16. The second-order valence-electron chi connectivity index (χ2n) is 6.85. The van der Waals surface area contributed by atoms with E-state index in [2.05, 4.69) is 0 Å². The van der Waals surface area contributed by atoms with Crippen molar-refractivity contribution in [3.8, 4) is 11.5 Å². The molecule has 1 saturated heterocycles. The SMILES string of the molecule is COc1cc(/C(O)=C2\C(=O)C(=O)N(c3ccc(F)cc3)C2c2cccs2)c(OC)cc1Cl. The number of nitrogens with zero attached hydrogens (tertiary/aromatic N) is 1. The summed E-state index contributed by atoms with van der Waals surface area (Å²) in [7, 11) is 2.80. The van der Waals surface area contributed by atoms with Crippen molar-refractivity contribution in [3.05, 3.63) is 80.8 Å². The van der Waals surface area contributed by atoms with Crippen LogP contribution in [-0.2, 0) is 9.59 Å². The standard InChI is InChI=1S/C23H17ClFNO5S/c1-30-16-11-15(24)17(31-2)10-14(16)21(27)19-20(18-4-3-9-32-18)26(23(29)22(19)28)13-7-5-12(25)6-8-13/h3-11,20,27H,1-2H3/b21-19+. The van der Waals surface area contributed by atoms with Crippen molar-refractivity contribution in [1.82, 2.24) is 0 Å². The van der Waals surface area contributed by atoms with Gasteiger partial charge in [0.05, 0.1) is 30.4 Å². The molecule has 3 aromatic rings. The number of hydrogen-bond acceptors (Lipinski definition) is 6. The lowest BCUT2D eigenvalue weighted by Crippen LogP contribution is -2.29. The lowest BCUT2D eigenvalue weighted by molar-refractivity contribution is -0.132. The number of hydrogen-bond donors (Lipinski definition) is 1. The van der Waals surface area contributed by atoms with Gasteiger partial charge in [0, 0.05) is 16.6 Å². The van der Waals surface area contributed by atoms with Gasteiger partial charge >= 0.3 is 0 Å². The van der Waals surface area contributed by atoms with Gasteiger partial charge in [-0.25, -0.2) is 4.39 Å². The van der Waals surface area contributed by atoms with E-state index in [1.165, 1.54) is 66.9 Å². The highest BCUT2D eigenvalue weighted by Crippen LogP contribution is 2.45. The minimum Gasteiger partial charge on any atom is -0.507 e. The molecule has 1 aliphatic heterocycles. The van der Waals surface area contributed by atoms with E-state index < -0.39 is 29.3 Å². The number of carbonyl (C=O) groups excluding carboxylic acids is 2. The minimum absolute atomic E-state index is 0.121. The fourth-order valence-corrected chi connectivity index (χ4v) is 4.66. The summed E-state index contributed by atoms with van der Waals surface area (Å²) < 4.78 is 24.0. The van der Waals surface area contributed by atoms with Crippen LogP contribution in [0.5, 0.6) is 11.5 Å². The van der Waals surface area contributed by atoms with Crippen molar-refractivity contribution in [2.45, 2.75) is 6.04 Å². The van der Waals surface area contributed by atoms with Crippen molar-refractivity contribution in [2.24, 2.45) is 0 Å². The summed E-state index contributed by atoms with van der Waals surface area (Å²) in [4.78, 5) is 28.1. The molecule has 1 N–H and O–H groups in total. The van der Waals surface area contributed by atoms with Crippen molar-refractivity contribution >= 4 is 46.1 Å². The Balaban J connectivity index is 1.96. The number of Topliss-reactive ketones (excluding diaryl/α,β-unsaturated/α-hetero) is 1. The first-order valence-electron chi connectivity index (χ1n) is 9.39. The number of halogens is 2. The minimum atomic E-state index is -0.910. The quantitative estimate of drug-likeness (QED) is 0.314. The fraction of sp³-hybridized carbons (Fsp3) is 0.130. The van der Waals surface area contributed by atoms with Gasteiger partial charge in [-0.05, 0) is 41.8 Å². The number of ketones is 1. The van der Waals surface area contributed by atoms with Crippen LogP contribution in [0.2, 0.25) is 5.02 Å². The average molecular weight is 474 g/mol. The molecule has 164 valence electrons. The van der Waals surface area contributed by atoms with Gasteiger partial charge in [0.15, 0.2) is 0 Å². The summed E-state index contributed by atoms with van der Waals surface area (Å²) >= 11 is 7.48. The van der Waals surface area contributed by atoms with Gasteiger partial charge in [-0.3, -0.25) is 14.5 Å². The van der Waals surface area contributed by atoms with Crippen LogP contribution in [0.25, 0.3) is 5.76 Å². The van der Waals surface area contributed by atoms with E-state index in [0.717, 1.165) is 0 Å². The Labute approximate surface area is 192 Å². The third kappa shape index (κ3) is 3.61. The number of thiophene rings is 1. The number of rotatable bonds is 5. The molecule has 1 amide bonds. The fourth-order valence-electron chi connectivity index (χ4n) is 3.61. The number of carbonyl (C=O) groups is 2. The van der Waals surface area contributed by atoms with Gasteiger partial charge < -0.3 is 14.6 Å². The van der Waals surface area contributed by atoms with Crippen molar-refractivity contribution in [2.75, 3.05) is 19.1 Å². The van der Waals surface area contributed by atoms with Gasteiger partial charge in [-0.15, -0.1) is 11.3 Å². The second-order valence-corrected chi connectivity index (χ2v) is 8.23. The molecule has 0 radical (unpaired) electrons. The van der Waals surface area contributed by atoms with Crippen LogP contribution in [-0.4, -0.2) is 31.0 Å². The Kier molecular flexibility index (Phi) is 5.90. The van der Waals surface area contributed by atoms with Crippen LogP contribution < -0.4 is 14.4 Å². The van der Waals surface area contributed by atoms with E-state index in [-0.39, 0.29) is 27.7 Å². The number of benzene rings is 2. The van der Waals surface area contributed by atoms with Crippen LogP contribution in [0.3, 0.4) is 0 Å². The predicted octanol–water partition coefficient (Wildman–Crippen LogP) is 5.18. The molecule has 32 heavy (non-hydrogen) atoms. The Hall–Kier alpha value is -3.36. The van der Waals surface area contributed by atoms with Crippen LogP contribution >= 0.6 is 22.9 Å². The molecule has 0 bridgehead atoms. The third-order valence-corrected chi connectivity index (χ3v) is 6.31. The smallest absolute Gasteiger partial charge is 0.300 e. The van der Waals surface area contributed by atoms with Gasteiger partial charge in [0.25, 0.3) is 11.7 Å². The summed E-state index contributed by atoms with van der Waals surface area (Å²) in [5.41, 5.74) is 0.350. The highest BCUT2D eigenvalue weighted by Gasteiger charge is 2.47. The molecule has 1 fully saturated rings. The number of aliphatic hydroxyl groups is 1. The Morgan fingerprint density at radius 2 is 1.78 bits per heavy atom. The van der Waals surface area contributed by atoms with Crippen LogP contribution in [0.1, 0.15) is 16.5 Å². The lowest BCUT2D eigenvalue weighted by Gasteiger charge is -2.24. The molecule has 1 unspecified atom stereocenters. The molecule has 9 heteroatoms. The zero-order valence-electron chi connectivity index (χ0n) is 17.0. The second kappa shape index (κ2) is 8.64. The number of methoxy groups -OCH3 is 2. The molecule has 2 heterocycles. The zero-order chi connectivity index (χ0) is 23.0. The average Bonchev–Trinajstić information content (AvgIpc) is 3.41. The van der Waals surface area contributed by atoms with Gasteiger partial charge in [-0.2, -0.15) is 0 Å². The molecule has 1 atom stereocenters. The Morgan fingerprint density at radius 1 is 1.09 bits per heavy atom. The first kappa shape index (κ1) is 21.9. The highest BCUT2D eigenvalue weighted by molar-refractivity contribution is 7.10. The number of ether oxygens (including phenoxy) is 2. The zero-order valence-corrected chi connectivity index (χ0v) is 18.5. The molecule has 1 aromatic heterocycles. The van der Waals surface area contributed by atoms with Crippen LogP contribution in [0.15, 0.2) is 59.5 Å². The van der Waals surface area contributed by atoms with E-state index >= 15 is 0 Å². The predicted molar refractivity (Wildman–Crippen MR) is 120 cm³/mol. The summed E-state index contributed by atoms with van der Waals surface area (Å²) in [6.07, 6.45) is 0. The van der Waals surface area contributed by atoms with Gasteiger partial charge in [-0.1, -0.05) is 17.7 Å². The molecule has 2 aromatic carbocycles. The normalized spacial score (nSPS) is 17.6. The van der Waals surface area contributed by atoms with E-state index in [1.54, 1.807) is 17.5 Å². The maximum atomic E-state index is 13.5. The van der Waals surface area contributed by atoms with E-state index in [0.29, 0.717) is 10.6 Å². The highest BCUT2D eigenvalue weighted by atomic mass is 35.5. The van der Waals surface area contributed by atoms with E-state index in [1.807, 2.05) is 0 Å². The Morgan fingerprint density at radius 3 is 2.38 bits per heavy atom. The largest absolute Gasteiger partial charge is 0.507 e. The maximum Gasteiger partial charge on any atom is 0.300 e. The number of anilines is 1. The van der Waals surface area contributed by atoms with Gasteiger partial charge in [0.2, 0.25) is 0 Å². The molecular weight excluding hydrogens is 457 g/mol. The molecule has 6 nitrogen and oxygen atoms in total. The first-order chi connectivity index (χ1) is 15.4. The van der Waals surface area contributed by atoms with Crippen LogP contribution in [0.4, 0.5) is 10.1 Å². The molecular formula is C23H17ClFNO5S. The van der Waals surface area contributed by atoms with E-state index in [9.17, 15) is 19.1 Å². The summed E-state index contributed by atoms with van der Waals surface area (Å²) in [5, 5.41) is 13.3. The molecule has 0 saturated carbocycles. The summed E-state index contributed by atoms with van der Waals surface area (Å²) in [6, 6.07) is 10.7. The van der Waals surface area contributed by atoms with Gasteiger partial charge in [0.1, 0.15) is 29.1 Å². The van der Waals surface area contributed by atoms with Crippen LogP contribution in [0, 0.1) is 5.82 Å². The Bertz CT molecular complexity index is 1220. The topological polar surface area (TPSA) is 76.1 Å². The molecule has 0 spiro atoms. The first-order valence-corrected chi connectivity index (χ1v) is 10.6. The number of aliphatic hydroxyl groups excluding tert-OH is 1. The van der Waals surface area contributed by atoms with Crippen molar-refractivity contribution in [1.29, 1.82) is 0 Å².